The van der Waals surface area contributed by atoms with Crippen LogP contribution in [-0.4, -0.2) is 66.8 Å². The third-order valence-corrected chi connectivity index (χ3v) is 7.10. The highest BCUT2D eigenvalue weighted by molar-refractivity contribution is 7.19. The molecule has 1 aromatic carbocycles. The minimum absolute atomic E-state index is 0.00551. The first-order chi connectivity index (χ1) is 15.1. The number of benzene rings is 1. The zero-order chi connectivity index (χ0) is 21.5. The Kier molecular flexibility index (Phi) is 7.32. The summed E-state index contributed by atoms with van der Waals surface area (Å²) in [4.78, 5) is 31.3. The molecule has 1 saturated heterocycles. The molecular formula is C23H29N3O4S. The number of aromatic nitrogens is 1. The predicted octanol–water partition coefficient (Wildman–Crippen LogP) is 3.00. The summed E-state index contributed by atoms with van der Waals surface area (Å²) in [5.74, 6) is -0.810. The molecule has 1 aliphatic heterocycles. The van der Waals surface area contributed by atoms with E-state index in [-0.39, 0.29) is 18.1 Å². The van der Waals surface area contributed by atoms with Gasteiger partial charge < -0.3 is 14.8 Å². The van der Waals surface area contributed by atoms with Crippen molar-refractivity contribution in [1.29, 1.82) is 0 Å². The van der Waals surface area contributed by atoms with Gasteiger partial charge in [-0.25, -0.2) is 9.78 Å². The van der Waals surface area contributed by atoms with Crippen molar-refractivity contribution in [3.63, 3.8) is 0 Å². The highest BCUT2D eigenvalue weighted by Gasteiger charge is 2.38. The molecule has 2 fully saturated rings. The lowest BCUT2D eigenvalue weighted by molar-refractivity contribution is -0.144. The number of nitrogens with zero attached hydrogens (tertiary/aromatic N) is 2. The molecule has 0 unspecified atom stereocenters. The first-order valence-electron chi connectivity index (χ1n) is 10.9. The summed E-state index contributed by atoms with van der Waals surface area (Å²) < 4.78 is 11.7. The number of amides is 1. The van der Waals surface area contributed by atoms with Crippen LogP contribution >= 0.6 is 11.3 Å². The molecule has 1 amide bonds. The SMILES string of the molecule is O=C(COC(=O)/C=C/c1nc2ccccc2s1)NCC1(N2CCOCC2)CCCCC1. The Bertz CT molecular complexity index is 897. The lowest BCUT2D eigenvalue weighted by atomic mass is 9.79. The Morgan fingerprint density at radius 1 is 1.19 bits per heavy atom. The van der Waals surface area contributed by atoms with Gasteiger partial charge in [0.15, 0.2) is 6.61 Å². The van der Waals surface area contributed by atoms with Gasteiger partial charge in [-0.15, -0.1) is 11.3 Å². The van der Waals surface area contributed by atoms with Gasteiger partial charge in [-0.2, -0.15) is 0 Å². The number of hydrogen-bond donors (Lipinski definition) is 1. The van der Waals surface area contributed by atoms with Gasteiger partial charge >= 0.3 is 5.97 Å². The second-order valence-electron chi connectivity index (χ2n) is 8.12. The number of carbonyl (C=O) groups excluding carboxylic acids is 2. The summed E-state index contributed by atoms with van der Waals surface area (Å²) >= 11 is 1.50. The van der Waals surface area contributed by atoms with Crippen LogP contribution in [0.15, 0.2) is 30.3 Å². The monoisotopic (exact) mass is 443 g/mol. The van der Waals surface area contributed by atoms with Gasteiger partial charge in [-0.1, -0.05) is 31.4 Å². The quantitative estimate of drug-likeness (QED) is 0.523. The largest absolute Gasteiger partial charge is 0.452 e. The molecule has 2 aliphatic rings. The van der Waals surface area contributed by atoms with Gasteiger partial charge in [-0.05, 0) is 31.1 Å². The van der Waals surface area contributed by atoms with Crippen molar-refractivity contribution < 1.29 is 19.1 Å². The van der Waals surface area contributed by atoms with Crippen LogP contribution in [0.4, 0.5) is 0 Å². The Labute approximate surface area is 186 Å². The number of ether oxygens (including phenoxy) is 2. The van der Waals surface area contributed by atoms with Crippen molar-refractivity contribution in [2.24, 2.45) is 0 Å². The smallest absolute Gasteiger partial charge is 0.331 e. The summed E-state index contributed by atoms with van der Waals surface area (Å²) in [6, 6.07) is 7.81. The maximum atomic E-state index is 12.3. The highest BCUT2D eigenvalue weighted by atomic mass is 32.1. The maximum absolute atomic E-state index is 12.3. The Morgan fingerprint density at radius 3 is 2.74 bits per heavy atom. The van der Waals surface area contributed by atoms with Gasteiger partial charge in [-0.3, -0.25) is 9.69 Å². The van der Waals surface area contributed by atoms with Crippen LogP contribution in [0.25, 0.3) is 16.3 Å². The fraction of sp³-hybridized carbons (Fsp3) is 0.522. The van der Waals surface area contributed by atoms with Crippen LogP contribution in [0.2, 0.25) is 0 Å². The summed E-state index contributed by atoms with van der Waals surface area (Å²) in [5.41, 5.74) is 0.894. The highest BCUT2D eigenvalue weighted by Crippen LogP contribution is 2.33. The van der Waals surface area contributed by atoms with Crippen molar-refractivity contribution in [3.05, 3.63) is 35.3 Å². The minimum atomic E-state index is -0.546. The molecule has 166 valence electrons. The fourth-order valence-electron chi connectivity index (χ4n) is 4.45. The molecule has 2 aromatic rings. The van der Waals surface area contributed by atoms with Crippen LogP contribution < -0.4 is 5.32 Å². The zero-order valence-corrected chi connectivity index (χ0v) is 18.5. The lowest BCUT2D eigenvalue weighted by Gasteiger charge is -2.48. The van der Waals surface area contributed by atoms with E-state index in [4.69, 9.17) is 9.47 Å². The standard InChI is InChI=1S/C23H29N3O4S/c27-20(24-17-23(10-4-1-5-11-23)26-12-14-29-15-13-26)16-30-22(28)9-8-21-25-18-6-2-3-7-19(18)31-21/h2-3,6-9H,1,4-5,10-17H2,(H,24,27)/b9-8+. The van der Waals surface area contributed by atoms with Gasteiger partial charge in [0.05, 0.1) is 23.4 Å². The molecule has 0 spiro atoms. The van der Waals surface area contributed by atoms with Crippen molar-refractivity contribution in [2.45, 2.75) is 37.6 Å². The van der Waals surface area contributed by atoms with Crippen molar-refractivity contribution >= 4 is 39.5 Å². The van der Waals surface area contributed by atoms with E-state index in [1.54, 1.807) is 6.08 Å². The molecule has 8 heteroatoms. The molecule has 0 atom stereocenters. The van der Waals surface area contributed by atoms with E-state index in [1.807, 2.05) is 24.3 Å². The number of rotatable bonds is 7. The molecule has 0 radical (unpaired) electrons. The van der Waals surface area contributed by atoms with Crippen LogP contribution in [-0.2, 0) is 19.1 Å². The van der Waals surface area contributed by atoms with Crippen molar-refractivity contribution in [2.75, 3.05) is 39.5 Å². The van der Waals surface area contributed by atoms with Crippen LogP contribution in [0.1, 0.15) is 37.1 Å². The molecule has 7 nitrogen and oxygen atoms in total. The Hall–Kier alpha value is -2.29. The second kappa shape index (κ2) is 10.3. The van der Waals surface area contributed by atoms with Crippen molar-refractivity contribution in [3.8, 4) is 0 Å². The molecule has 2 heterocycles. The Balaban J connectivity index is 1.25. The summed E-state index contributed by atoms with van der Waals surface area (Å²) in [5, 5.41) is 3.73. The number of nitrogens with one attached hydrogen (secondary N) is 1. The molecule has 0 bridgehead atoms. The lowest BCUT2D eigenvalue weighted by Crippen LogP contribution is -2.59. The van der Waals surface area contributed by atoms with E-state index in [9.17, 15) is 9.59 Å². The Morgan fingerprint density at radius 2 is 1.97 bits per heavy atom. The van der Waals surface area contributed by atoms with Gasteiger partial charge in [0.1, 0.15) is 5.01 Å². The number of esters is 1. The minimum Gasteiger partial charge on any atom is -0.452 e. The topological polar surface area (TPSA) is 80.8 Å². The summed E-state index contributed by atoms with van der Waals surface area (Å²) in [6.45, 7) is 3.61. The fourth-order valence-corrected chi connectivity index (χ4v) is 5.32. The van der Waals surface area contributed by atoms with Gasteiger partial charge in [0.25, 0.3) is 5.91 Å². The first-order valence-corrected chi connectivity index (χ1v) is 11.8. The van der Waals surface area contributed by atoms with Crippen LogP contribution in [0.3, 0.4) is 0 Å². The number of morpholine rings is 1. The van der Waals surface area contributed by atoms with Gasteiger partial charge in [0.2, 0.25) is 0 Å². The van der Waals surface area contributed by atoms with E-state index >= 15 is 0 Å². The third-order valence-electron chi connectivity index (χ3n) is 6.10. The molecule has 1 N–H and O–H groups in total. The first kappa shape index (κ1) is 21.9. The molecule has 31 heavy (non-hydrogen) atoms. The molecule has 1 saturated carbocycles. The molecule has 1 aromatic heterocycles. The maximum Gasteiger partial charge on any atom is 0.331 e. The molecule has 4 rings (SSSR count). The third kappa shape index (κ3) is 5.70. The van der Waals surface area contributed by atoms with E-state index in [2.05, 4.69) is 15.2 Å². The van der Waals surface area contributed by atoms with E-state index in [1.165, 1.54) is 36.7 Å². The summed E-state index contributed by atoms with van der Waals surface area (Å²) in [6.07, 6.45) is 8.72. The van der Waals surface area contributed by atoms with E-state index in [0.29, 0.717) is 6.54 Å². The summed E-state index contributed by atoms with van der Waals surface area (Å²) in [7, 11) is 0. The normalized spacial score (nSPS) is 19.5. The van der Waals surface area contributed by atoms with Crippen molar-refractivity contribution in [1.82, 2.24) is 15.2 Å². The average Bonchev–Trinajstić information content (AvgIpc) is 3.24. The average molecular weight is 444 g/mol. The molecular weight excluding hydrogens is 414 g/mol. The second-order valence-corrected chi connectivity index (χ2v) is 9.18. The van der Waals surface area contributed by atoms with E-state index < -0.39 is 5.97 Å². The number of thiazole rings is 1. The number of fused-ring (bicyclic) bond motifs is 1. The zero-order valence-electron chi connectivity index (χ0n) is 17.7. The van der Waals surface area contributed by atoms with E-state index in [0.717, 1.165) is 54.4 Å². The van der Waals surface area contributed by atoms with Gasteiger partial charge in [0, 0.05) is 31.2 Å². The van der Waals surface area contributed by atoms with Crippen LogP contribution in [0, 0.1) is 0 Å². The number of hydrogen-bond acceptors (Lipinski definition) is 7. The predicted molar refractivity (Wildman–Crippen MR) is 121 cm³/mol. The molecule has 1 aliphatic carbocycles. The van der Waals surface area contributed by atoms with Crippen LogP contribution in [0.5, 0.6) is 0 Å². The number of carbonyl (C=O) groups is 2. The number of para-hydroxylation sites is 1.